The van der Waals surface area contributed by atoms with E-state index in [0.717, 1.165) is 22.3 Å². The van der Waals surface area contributed by atoms with Gasteiger partial charge in [-0.25, -0.2) is 4.98 Å². The molecule has 2 N–H and O–H groups in total. The Balaban J connectivity index is 1.62. The molecule has 0 aliphatic heterocycles. The molecule has 0 atom stereocenters. The Labute approximate surface area is 160 Å². The van der Waals surface area contributed by atoms with Crippen LogP contribution in [0.2, 0.25) is 5.02 Å². The van der Waals surface area contributed by atoms with Crippen molar-refractivity contribution in [2.45, 2.75) is 13.1 Å². The molecule has 0 saturated heterocycles. The molecule has 0 aliphatic carbocycles. The summed E-state index contributed by atoms with van der Waals surface area (Å²) in [6.07, 6.45) is 0. The van der Waals surface area contributed by atoms with Gasteiger partial charge in [0.1, 0.15) is 5.82 Å². The molecule has 129 valence electrons. The summed E-state index contributed by atoms with van der Waals surface area (Å²) in [4.78, 5) is 10.5. The molecule has 1 radical (unpaired) electrons. The molecule has 0 unspecified atom stereocenters. The summed E-state index contributed by atoms with van der Waals surface area (Å²) >= 11 is 7.88. The summed E-state index contributed by atoms with van der Waals surface area (Å²) in [6.45, 7) is 1.36. The van der Waals surface area contributed by atoms with E-state index >= 15 is 0 Å². The molecule has 2 aromatic carbocycles. The number of benzene rings is 2. The van der Waals surface area contributed by atoms with Gasteiger partial charge in [0.2, 0.25) is 5.95 Å². The molecule has 0 spiro atoms. The summed E-state index contributed by atoms with van der Waals surface area (Å²) in [5.74, 6) is 1.36. The maximum Gasteiger partial charge on any atom is 0.225 e. The van der Waals surface area contributed by atoms with Crippen LogP contribution >= 0.6 is 22.9 Å². The first kappa shape index (κ1) is 16.8. The van der Waals surface area contributed by atoms with Crippen LogP contribution in [-0.4, -0.2) is 9.97 Å². The maximum absolute atomic E-state index is 6.17. The number of anilines is 2. The minimum atomic E-state index is 0.595. The number of nitrogens with zero attached hydrogens (tertiary/aromatic N) is 2. The molecule has 4 nitrogen and oxygen atoms in total. The average molecular weight is 380 g/mol. The van der Waals surface area contributed by atoms with Gasteiger partial charge < -0.3 is 10.6 Å². The number of rotatable bonds is 6. The Morgan fingerprint density at radius 3 is 2.69 bits per heavy atom. The number of nitrogens with one attached hydrogen (secondary N) is 2. The van der Waals surface area contributed by atoms with Gasteiger partial charge in [0.05, 0.1) is 12.1 Å². The van der Waals surface area contributed by atoms with Gasteiger partial charge in [0, 0.05) is 21.8 Å². The van der Waals surface area contributed by atoms with Crippen LogP contribution in [0.15, 0.2) is 60.0 Å². The van der Waals surface area contributed by atoms with E-state index in [0.29, 0.717) is 24.1 Å². The fourth-order valence-electron chi connectivity index (χ4n) is 2.62. The first-order valence-corrected chi connectivity index (χ1v) is 9.46. The molecular weight excluding hydrogens is 364 g/mol. The summed E-state index contributed by atoms with van der Waals surface area (Å²) in [7, 11) is 0. The van der Waals surface area contributed by atoms with Crippen molar-refractivity contribution >= 4 is 45.6 Å². The van der Waals surface area contributed by atoms with E-state index in [-0.39, 0.29) is 0 Å². The second-order valence-corrected chi connectivity index (χ2v) is 7.22. The van der Waals surface area contributed by atoms with Crippen LogP contribution in [-0.2, 0) is 13.1 Å². The molecule has 6 heteroatoms. The summed E-state index contributed by atoms with van der Waals surface area (Å²) in [5, 5.41) is 10.3. The van der Waals surface area contributed by atoms with Crippen molar-refractivity contribution in [3.63, 3.8) is 0 Å². The molecule has 26 heavy (non-hydrogen) atoms. The third-order valence-corrected chi connectivity index (χ3v) is 5.02. The van der Waals surface area contributed by atoms with Crippen LogP contribution < -0.4 is 10.6 Å². The van der Waals surface area contributed by atoms with Crippen molar-refractivity contribution in [1.29, 1.82) is 0 Å². The highest BCUT2D eigenvalue weighted by Gasteiger charge is 2.09. The minimum absolute atomic E-state index is 0.595. The first-order chi connectivity index (χ1) is 12.8. The lowest BCUT2D eigenvalue weighted by Gasteiger charge is -2.12. The van der Waals surface area contributed by atoms with E-state index in [1.165, 1.54) is 4.88 Å². The second-order valence-electron chi connectivity index (χ2n) is 5.75. The van der Waals surface area contributed by atoms with E-state index in [1.54, 1.807) is 11.3 Å². The van der Waals surface area contributed by atoms with Crippen LogP contribution in [0.5, 0.6) is 0 Å². The van der Waals surface area contributed by atoms with E-state index < -0.39 is 0 Å². The smallest absolute Gasteiger partial charge is 0.225 e. The highest BCUT2D eigenvalue weighted by atomic mass is 35.5. The van der Waals surface area contributed by atoms with E-state index in [1.807, 2.05) is 48.5 Å². The van der Waals surface area contributed by atoms with Gasteiger partial charge in [-0.15, -0.1) is 11.3 Å². The molecule has 0 bridgehead atoms. The highest BCUT2D eigenvalue weighted by Crippen LogP contribution is 2.26. The lowest BCUT2D eigenvalue weighted by atomic mass is 10.2. The minimum Gasteiger partial charge on any atom is -0.365 e. The first-order valence-electron chi connectivity index (χ1n) is 8.20. The largest absolute Gasteiger partial charge is 0.365 e. The SMILES string of the molecule is Clc1ccc2nc(NCc3cccs3)nc(NCc3cc[c]cc3)c2c1. The normalized spacial score (nSPS) is 10.8. The number of hydrogen-bond donors (Lipinski definition) is 2. The Hall–Kier alpha value is -2.63. The van der Waals surface area contributed by atoms with Crippen molar-refractivity contribution < 1.29 is 0 Å². The molecule has 0 saturated carbocycles. The highest BCUT2D eigenvalue weighted by molar-refractivity contribution is 7.09. The molecule has 0 fully saturated rings. The van der Waals surface area contributed by atoms with Gasteiger partial charge in [0.15, 0.2) is 0 Å². The molecule has 0 amide bonds. The van der Waals surface area contributed by atoms with Gasteiger partial charge in [-0.1, -0.05) is 41.9 Å². The molecule has 4 aromatic rings. The molecule has 2 heterocycles. The van der Waals surface area contributed by atoms with Crippen molar-refractivity contribution in [2.24, 2.45) is 0 Å². The van der Waals surface area contributed by atoms with Crippen molar-refractivity contribution in [3.05, 3.63) is 81.5 Å². The van der Waals surface area contributed by atoms with Gasteiger partial charge in [-0.2, -0.15) is 4.98 Å². The third kappa shape index (κ3) is 3.95. The fraction of sp³-hybridized carbons (Fsp3) is 0.100. The second kappa shape index (κ2) is 7.72. The monoisotopic (exact) mass is 379 g/mol. The van der Waals surface area contributed by atoms with Gasteiger partial charge in [-0.3, -0.25) is 0 Å². The Morgan fingerprint density at radius 2 is 1.88 bits per heavy atom. The lowest BCUT2D eigenvalue weighted by molar-refractivity contribution is 1.06. The molecule has 4 rings (SSSR count). The Morgan fingerprint density at radius 1 is 1.00 bits per heavy atom. The summed E-state index contributed by atoms with van der Waals surface area (Å²) in [5.41, 5.74) is 2.01. The predicted molar refractivity (Wildman–Crippen MR) is 109 cm³/mol. The molecule has 0 aliphatic rings. The number of hydrogen-bond acceptors (Lipinski definition) is 5. The van der Waals surface area contributed by atoms with Crippen LogP contribution in [0.25, 0.3) is 10.9 Å². The lowest BCUT2D eigenvalue weighted by Crippen LogP contribution is -2.07. The summed E-state index contributed by atoms with van der Waals surface area (Å²) < 4.78 is 0. The van der Waals surface area contributed by atoms with E-state index in [4.69, 9.17) is 11.6 Å². The predicted octanol–water partition coefficient (Wildman–Crippen LogP) is 5.37. The Kier molecular flexibility index (Phi) is 5.00. The maximum atomic E-state index is 6.17. The van der Waals surface area contributed by atoms with Crippen LogP contribution in [0.1, 0.15) is 10.4 Å². The van der Waals surface area contributed by atoms with E-state index in [9.17, 15) is 0 Å². The standard InChI is InChI=1S/C20H16ClN4S/c21-15-8-9-18-17(11-15)19(22-12-14-5-2-1-3-6-14)25-20(24-18)23-13-16-7-4-10-26-16/h2-11H,12-13H2,(H2,22,23,24,25). The zero-order chi connectivity index (χ0) is 17.8. The molecule has 2 aromatic heterocycles. The average Bonchev–Trinajstić information content (AvgIpc) is 3.19. The van der Waals surface area contributed by atoms with Crippen LogP contribution in [0.3, 0.4) is 0 Å². The van der Waals surface area contributed by atoms with Crippen LogP contribution in [0, 0.1) is 6.07 Å². The number of fused-ring (bicyclic) bond motifs is 1. The zero-order valence-corrected chi connectivity index (χ0v) is 15.4. The topological polar surface area (TPSA) is 49.8 Å². The number of thiophene rings is 1. The quantitative estimate of drug-likeness (QED) is 0.473. The summed E-state index contributed by atoms with van der Waals surface area (Å²) in [6, 6.07) is 20.7. The van der Waals surface area contributed by atoms with Gasteiger partial charge in [0.25, 0.3) is 0 Å². The Bertz CT molecular complexity index is 1000. The number of aromatic nitrogens is 2. The van der Waals surface area contributed by atoms with Crippen molar-refractivity contribution in [2.75, 3.05) is 10.6 Å². The van der Waals surface area contributed by atoms with E-state index in [2.05, 4.69) is 38.1 Å². The fourth-order valence-corrected chi connectivity index (χ4v) is 3.44. The third-order valence-electron chi connectivity index (χ3n) is 3.91. The van der Waals surface area contributed by atoms with Crippen molar-refractivity contribution in [3.8, 4) is 0 Å². The van der Waals surface area contributed by atoms with Gasteiger partial charge in [-0.05, 0) is 41.3 Å². The number of halogens is 1. The van der Waals surface area contributed by atoms with Gasteiger partial charge >= 0.3 is 0 Å². The zero-order valence-electron chi connectivity index (χ0n) is 13.9. The van der Waals surface area contributed by atoms with Crippen molar-refractivity contribution in [1.82, 2.24) is 9.97 Å². The molecular formula is C20H16ClN4S. The van der Waals surface area contributed by atoms with Crippen LogP contribution in [0.4, 0.5) is 11.8 Å².